The Labute approximate surface area is 68.1 Å². The van der Waals surface area contributed by atoms with E-state index < -0.39 is 12.3 Å². The first kappa shape index (κ1) is 8.83. The zero-order valence-electron chi connectivity index (χ0n) is 6.55. The van der Waals surface area contributed by atoms with Gasteiger partial charge in [0.15, 0.2) is 0 Å². The lowest BCUT2D eigenvalue weighted by molar-refractivity contribution is 0.113. The zero-order valence-corrected chi connectivity index (χ0v) is 6.55. The topological polar surface area (TPSA) is 38.9 Å². The van der Waals surface area contributed by atoms with Gasteiger partial charge in [0, 0.05) is 6.42 Å². The van der Waals surface area contributed by atoms with Crippen LogP contribution in [0.4, 0.5) is 8.78 Å². The van der Waals surface area contributed by atoms with Gasteiger partial charge in [0.1, 0.15) is 0 Å². The highest BCUT2D eigenvalue weighted by Gasteiger charge is 2.15. The Morgan fingerprint density at radius 1 is 1.58 bits per heavy atom. The summed E-state index contributed by atoms with van der Waals surface area (Å²) in [5.41, 5.74) is 0.791. The molecule has 0 aliphatic carbocycles. The molecule has 0 saturated carbocycles. The summed E-state index contributed by atoms with van der Waals surface area (Å²) in [6, 6.07) is 0. The summed E-state index contributed by atoms with van der Waals surface area (Å²) in [7, 11) is 0. The quantitative estimate of drug-likeness (QED) is 0.659. The highest BCUT2D eigenvalue weighted by Crippen LogP contribution is 2.17. The summed E-state index contributed by atoms with van der Waals surface area (Å²) in [4.78, 5) is 0. The zero-order chi connectivity index (χ0) is 9.14. The lowest BCUT2D eigenvalue weighted by Crippen LogP contribution is -1.84. The molecule has 1 heterocycles. The van der Waals surface area contributed by atoms with Crippen molar-refractivity contribution in [1.29, 1.82) is 0 Å². The second-order valence-electron chi connectivity index (χ2n) is 2.47. The fraction of sp³-hybridized carbons (Fsp3) is 0.429. The van der Waals surface area contributed by atoms with E-state index in [1.165, 1.54) is 0 Å². The SMILES string of the molecule is C=C(C)Cc1nnc(C(F)F)o1. The van der Waals surface area contributed by atoms with Crippen LogP contribution in [0.25, 0.3) is 0 Å². The minimum Gasteiger partial charge on any atom is -0.419 e. The Balaban J connectivity index is 2.70. The van der Waals surface area contributed by atoms with Crippen molar-refractivity contribution in [1.82, 2.24) is 10.2 Å². The predicted molar refractivity (Wildman–Crippen MR) is 37.8 cm³/mol. The molecule has 0 saturated heterocycles. The molecule has 0 unspecified atom stereocenters. The number of nitrogens with zero attached hydrogens (tertiary/aromatic N) is 2. The summed E-state index contributed by atoms with van der Waals surface area (Å²) in [5, 5.41) is 6.58. The van der Waals surface area contributed by atoms with Crippen molar-refractivity contribution in [2.24, 2.45) is 0 Å². The molecule has 1 aromatic rings. The molecule has 0 atom stereocenters. The molecule has 0 amide bonds. The maximum Gasteiger partial charge on any atom is 0.314 e. The summed E-state index contributed by atoms with van der Waals surface area (Å²) in [5.74, 6) is -0.455. The molecule has 0 bridgehead atoms. The number of alkyl halides is 2. The summed E-state index contributed by atoms with van der Waals surface area (Å²) >= 11 is 0. The van der Waals surface area contributed by atoms with E-state index in [0.717, 1.165) is 5.57 Å². The first-order chi connectivity index (χ1) is 5.59. The number of halogens is 2. The average molecular weight is 174 g/mol. The van der Waals surface area contributed by atoms with Crippen LogP contribution in [0.1, 0.15) is 25.1 Å². The van der Waals surface area contributed by atoms with Gasteiger partial charge >= 0.3 is 6.43 Å². The molecular weight excluding hydrogens is 166 g/mol. The lowest BCUT2D eigenvalue weighted by Gasteiger charge is -1.90. The van der Waals surface area contributed by atoms with Gasteiger partial charge < -0.3 is 4.42 Å². The smallest absolute Gasteiger partial charge is 0.314 e. The van der Waals surface area contributed by atoms with Gasteiger partial charge in [-0.05, 0) is 6.92 Å². The Morgan fingerprint density at radius 2 is 2.25 bits per heavy atom. The van der Waals surface area contributed by atoms with Crippen LogP contribution in [0, 0.1) is 0 Å². The molecule has 0 aliphatic rings. The number of rotatable bonds is 3. The van der Waals surface area contributed by atoms with Gasteiger partial charge in [-0.15, -0.1) is 10.2 Å². The Morgan fingerprint density at radius 3 is 2.67 bits per heavy atom. The molecule has 66 valence electrons. The normalized spacial score (nSPS) is 10.7. The molecule has 1 rings (SSSR count). The van der Waals surface area contributed by atoms with Crippen molar-refractivity contribution in [3.63, 3.8) is 0 Å². The average Bonchev–Trinajstić information content (AvgIpc) is 2.34. The highest BCUT2D eigenvalue weighted by atomic mass is 19.3. The van der Waals surface area contributed by atoms with E-state index in [1.54, 1.807) is 6.92 Å². The van der Waals surface area contributed by atoms with Gasteiger partial charge in [-0.3, -0.25) is 0 Å². The number of aromatic nitrogens is 2. The van der Waals surface area contributed by atoms with Gasteiger partial charge in [0.25, 0.3) is 5.89 Å². The van der Waals surface area contributed by atoms with Crippen LogP contribution < -0.4 is 0 Å². The van der Waals surface area contributed by atoms with Crippen molar-refractivity contribution in [2.75, 3.05) is 0 Å². The van der Waals surface area contributed by atoms with Crippen LogP contribution in [0.2, 0.25) is 0 Å². The first-order valence-electron chi connectivity index (χ1n) is 3.34. The maximum atomic E-state index is 11.9. The minimum absolute atomic E-state index is 0.179. The third kappa shape index (κ3) is 2.11. The van der Waals surface area contributed by atoms with E-state index >= 15 is 0 Å². The molecule has 0 aliphatic heterocycles. The van der Waals surface area contributed by atoms with Crippen LogP contribution >= 0.6 is 0 Å². The summed E-state index contributed by atoms with van der Waals surface area (Å²) < 4.78 is 28.4. The van der Waals surface area contributed by atoms with Gasteiger partial charge in [0.2, 0.25) is 5.89 Å². The second-order valence-corrected chi connectivity index (χ2v) is 2.47. The summed E-state index contributed by atoms with van der Waals surface area (Å²) in [6.07, 6.45) is -2.35. The Kier molecular flexibility index (Phi) is 2.52. The van der Waals surface area contributed by atoms with Crippen LogP contribution in [0.5, 0.6) is 0 Å². The number of hydrogen-bond donors (Lipinski definition) is 0. The van der Waals surface area contributed by atoms with E-state index in [0.29, 0.717) is 6.42 Å². The van der Waals surface area contributed by atoms with Crippen molar-refractivity contribution in [2.45, 2.75) is 19.8 Å². The van der Waals surface area contributed by atoms with Crippen molar-refractivity contribution >= 4 is 0 Å². The molecule has 3 nitrogen and oxygen atoms in total. The van der Waals surface area contributed by atoms with Crippen LogP contribution in [-0.2, 0) is 6.42 Å². The fourth-order valence-corrected chi connectivity index (χ4v) is 0.684. The standard InChI is InChI=1S/C7H8F2N2O/c1-4(2)3-5-10-11-7(12-5)6(8)9/h6H,1,3H2,2H3. The molecular formula is C7H8F2N2O. The predicted octanol–water partition coefficient (Wildman–Crippen LogP) is 2.13. The largest absolute Gasteiger partial charge is 0.419 e. The fourth-order valence-electron chi connectivity index (χ4n) is 0.684. The first-order valence-corrected chi connectivity index (χ1v) is 3.34. The monoisotopic (exact) mass is 174 g/mol. The molecule has 0 aromatic carbocycles. The van der Waals surface area contributed by atoms with Gasteiger partial charge in [0.05, 0.1) is 0 Å². The van der Waals surface area contributed by atoms with Crippen LogP contribution in [-0.4, -0.2) is 10.2 Å². The summed E-state index contributed by atoms with van der Waals surface area (Å²) in [6.45, 7) is 5.35. The Hall–Kier alpha value is -1.26. The molecule has 0 N–H and O–H groups in total. The van der Waals surface area contributed by atoms with Crippen LogP contribution in [0.3, 0.4) is 0 Å². The van der Waals surface area contributed by atoms with E-state index in [1.807, 2.05) is 0 Å². The second kappa shape index (κ2) is 3.42. The lowest BCUT2D eigenvalue weighted by atomic mass is 10.2. The third-order valence-corrected chi connectivity index (χ3v) is 1.12. The molecule has 0 spiro atoms. The molecule has 0 radical (unpaired) electrons. The van der Waals surface area contributed by atoms with E-state index in [2.05, 4.69) is 21.2 Å². The van der Waals surface area contributed by atoms with Crippen molar-refractivity contribution in [3.8, 4) is 0 Å². The molecule has 0 fully saturated rings. The molecule has 12 heavy (non-hydrogen) atoms. The third-order valence-electron chi connectivity index (χ3n) is 1.12. The van der Waals surface area contributed by atoms with Crippen molar-refractivity contribution in [3.05, 3.63) is 23.9 Å². The number of allylic oxidation sites excluding steroid dienone is 1. The minimum atomic E-state index is -2.70. The molecule has 5 heteroatoms. The van der Waals surface area contributed by atoms with E-state index in [-0.39, 0.29) is 5.89 Å². The number of hydrogen-bond acceptors (Lipinski definition) is 3. The highest BCUT2D eigenvalue weighted by molar-refractivity contribution is 4.98. The van der Waals surface area contributed by atoms with Crippen LogP contribution in [0.15, 0.2) is 16.6 Å². The van der Waals surface area contributed by atoms with Crippen molar-refractivity contribution < 1.29 is 13.2 Å². The maximum absolute atomic E-state index is 11.9. The molecule has 1 aromatic heterocycles. The Bertz CT molecular complexity index is 283. The van der Waals surface area contributed by atoms with E-state index in [4.69, 9.17) is 0 Å². The van der Waals surface area contributed by atoms with Gasteiger partial charge in [-0.1, -0.05) is 12.2 Å². The van der Waals surface area contributed by atoms with Gasteiger partial charge in [-0.2, -0.15) is 8.78 Å². The van der Waals surface area contributed by atoms with Gasteiger partial charge in [-0.25, -0.2) is 0 Å². The van der Waals surface area contributed by atoms with E-state index in [9.17, 15) is 8.78 Å².